The number of aliphatic carboxylic acids is 2. The van der Waals surface area contributed by atoms with Gasteiger partial charge in [-0.2, -0.15) is 0 Å². The van der Waals surface area contributed by atoms with Gasteiger partial charge in [-0.3, -0.25) is 0 Å². The van der Waals surface area contributed by atoms with Crippen LogP contribution in [0, 0.1) is 0 Å². The molecule has 0 bridgehead atoms. The average molecular weight is 314 g/mol. The van der Waals surface area contributed by atoms with E-state index in [4.69, 9.17) is 14.9 Å². The van der Waals surface area contributed by atoms with Crippen LogP contribution in [0.5, 0.6) is 0 Å². The summed E-state index contributed by atoms with van der Waals surface area (Å²) in [6.45, 7) is 1.35. The van der Waals surface area contributed by atoms with E-state index in [9.17, 15) is 9.59 Å². The molecule has 0 atom stereocenters. The summed E-state index contributed by atoms with van der Waals surface area (Å²) in [6, 6.07) is 20.4. The number of rotatable bonds is 6. The number of hydrogen-bond acceptors (Lipinski definition) is 3. The fraction of sp³-hybridized carbons (Fsp3) is 0.111. The van der Waals surface area contributed by atoms with Crippen LogP contribution in [-0.4, -0.2) is 22.2 Å². The van der Waals surface area contributed by atoms with E-state index < -0.39 is 11.9 Å². The molecule has 0 aromatic heterocycles. The molecule has 2 aromatic rings. The first-order chi connectivity index (χ1) is 11.1. The molecule has 0 radical (unpaired) electrons. The van der Waals surface area contributed by atoms with Crippen LogP contribution in [0.1, 0.15) is 11.1 Å². The van der Waals surface area contributed by atoms with Gasteiger partial charge in [-0.1, -0.05) is 60.7 Å². The molecule has 0 saturated carbocycles. The molecule has 23 heavy (non-hydrogen) atoms. The van der Waals surface area contributed by atoms with E-state index in [1.807, 2.05) is 36.4 Å². The Bertz CT molecular complexity index is 565. The third-order valence-electron chi connectivity index (χ3n) is 2.59. The monoisotopic (exact) mass is 314 g/mol. The van der Waals surface area contributed by atoms with Crippen molar-refractivity contribution in [3.8, 4) is 0 Å². The first-order valence-corrected chi connectivity index (χ1v) is 6.87. The number of hydrogen-bond donors (Lipinski definition) is 2. The molecule has 0 fully saturated rings. The molecule has 0 aliphatic carbocycles. The maximum atomic E-state index is 9.55. The van der Waals surface area contributed by atoms with E-state index in [2.05, 4.69) is 24.3 Å². The summed E-state index contributed by atoms with van der Waals surface area (Å²) in [6.07, 6.45) is 1.12. The smallest absolute Gasteiger partial charge is 0.328 e. The molecule has 120 valence electrons. The zero-order chi connectivity index (χ0) is 16.9. The third-order valence-corrected chi connectivity index (χ3v) is 2.59. The normalized spacial score (nSPS) is 9.91. The molecule has 5 nitrogen and oxygen atoms in total. The summed E-state index contributed by atoms with van der Waals surface area (Å²) in [4.78, 5) is 19.1. The zero-order valence-electron chi connectivity index (χ0n) is 12.5. The van der Waals surface area contributed by atoms with Gasteiger partial charge in [0.15, 0.2) is 0 Å². The molecule has 2 rings (SSSR count). The average Bonchev–Trinajstić information content (AvgIpc) is 2.56. The molecule has 0 unspecified atom stereocenters. The topological polar surface area (TPSA) is 83.8 Å². The van der Waals surface area contributed by atoms with Crippen molar-refractivity contribution in [2.24, 2.45) is 0 Å². The summed E-state index contributed by atoms with van der Waals surface area (Å²) in [5.74, 6) is -2.51. The number of benzene rings is 2. The SMILES string of the molecule is O=C(O)C=CC(=O)O.c1ccc(COCc2ccccc2)cc1. The second kappa shape index (κ2) is 10.8. The molecule has 0 saturated heterocycles. The maximum absolute atomic E-state index is 9.55. The van der Waals surface area contributed by atoms with Crippen LogP contribution in [0.3, 0.4) is 0 Å². The molecular formula is C18H18O5. The molecule has 2 N–H and O–H groups in total. The molecule has 5 heteroatoms. The van der Waals surface area contributed by atoms with Crippen molar-refractivity contribution >= 4 is 11.9 Å². The van der Waals surface area contributed by atoms with Crippen molar-refractivity contribution in [2.75, 3.05) is 0 Å². The summed E-state index contributed by atoms with van der Waals surface area (Å²) in [5.41, 5.74) is 2.43. The van der Waals surface area contributed by atoms with E-state index >= 15 is 0 Å². The summed E-state index contributed by atoms with van der Waals surface area (Å²) in [7, 11) is 0. The van der Waals surface area contributed by atoms with Crippen LogP contribution in [-0.2, 0) is 27.5 Å². The van der Waals surface area contributed by atoms with Crippen LogP contribution in [0.15, 0.2) is 72.8 Å². The van der Waals surface area contributed by atoms with Gasteiger partial charge >= 0.3 is 11.9 Å². The van der Waals surface area contributed by atoms with Crippen molar-refractivity contribution in [3.05, 3.63) is 83.9 Å². The Balaban J connectivity index is 0.000000284. The van der Waals surface area contributed by atoms with Gasteiger partial charge in [-0.05, 0) is 11.1 Å². The van der Waals surface area contributed by atoms with E-state index in [-0.39, 0.29) is 0 Å². The third kappa shape index (κ3) is 9.60. The van der Waals surface area contributed by atoms with Crippen molar-refractivity contribution in [1.29, 1.82) is 0 Å². The fourth-order valence-corrected chi connectivity index (χ4v) is 1.58. The number of carbonyl (C=O) groups is 2. The van der Waals surface area contributed by atoms with Gasteiger partial charge in [0.05, 0.1) is 13.2 Å². The number of carboxylic acids is 2. The minimum absolute atomic E-state index is 0.558. The van der Waals surface area contributed by atoms with Crippen LogP contribution >= 0.6 is 0 Å². The lowest BCUT2D eigenvalue weighted by Crippen LogP contribution is -1.93. The van der Waals surface area contributed by atoms with Gasteiger partial charge in [-0.15, -0.1) is 0 Å². The first kappa shape index (κ1) is 18.1. The van der Waals surface area contributed by atoms with Crippen molar-refractivity contribution in [2.45, 2.75) is 13.2 Å². The van der Waals surface area contributed by atoms with E-state index in [1.54, 1.807) is 0 Å². The Kier molecular flexibility index (Phi) is 8.48. The van der Waals surface area contributed by atoms with Crippen molar-refractivity contribution < 1.29 is 24.5 Å². The van der Waals surface area contributed by atoms with Crippen LogP contribution < -0.4 is 0 Å². The van der Waals surface area contributed by atoms with Crippen LogP contribution in [0.2, 0.25) is 0 Å². The minimum atomic E-state index is -1.26. The Morgan fingerprint density at radius 2 is 1.09 bits per heavy atom. The van der Waals surface area contributed by atoms with Crippen LogP contribution in [0.25, 0.3) is 0 Å². The first-order valence-electron chi connectivity index (χ1n) is 6.87. The lowest BCUT2D eigenvalue weighted by atomic mass is 10.2. The van der Waals surface area contributed by atoms with Gasteiger partial charge in [0, 0.05) is 12.2 Å². The predicted octanol–water partition coefficient (Wildman–Crippen LogP) is 3.12. The fourth-order valence-electron chi connectivity index (χ4n) is 1.58. The van der Waals surface area contributed by atoms with E-state index in [1.165, 1.54) is 11.1 Å². The van der Waals surface area contributed by atoms with Gasteiger partial charge in [-0.25, -0.2) is 9.59 Å². The molecule has 0 aliphatic heterocycles. The van der Waals surface area contributed by atoms with Gasteiger partial charge in [0.1, 0.15) is 0 Å². The highest BCUT2D eigenvalue weighted by atomic mass is 16.5. The highest BCUT2D eigenvalue weighted by Gasteiger charge is 1.93. The van der Waals surface area contributed by atoms with E-state index in [0.717, 1.165) is 0 Å². The standard InChI is InChI=1S/C14H14O.C4H4O4/c1-3-7-13(8-4-1)11-15-12-14-9-5-2-6-10-14;5-3(6)1-2-4(7)8/h1-10H,11-12H2;1-2H,(H,5,6)(H,7,8). The number of carboxylic acid groups (broad SMARTS) is 2. The quantitative estimate of drug-likeness (QED) is 0.800. The predicted molar refractivity (Wildman–Crippen MR) is 85.8 cm³/mol. The van der Waals surface area contributed by atoms with Gasteiger partial charge in [0.25, 0.3) is 0 Å². The Morgan fingerprint density at radius 3 is 1.39 bits per heavy atom. The van der Waals surface area contributed by atoms with E-state index in [0.29, 0.717) is 25.4 Å². The largest absolute Gasteiger partial charge is 0.478 e. The maximum Gasteiger partial charge on any atom is 0.328 e. The molecule has 0 spiro atoms. The Labute approximate surface area is 134 Å². The van der Waals surface area contributed by atoms with Crippen molar-refractivity contribution in [3.63, 3.8) is 0 Å². The second-order valence-electron chi connectivity index (χ2n) is 4.47. The minimum Gasteiger partial charge on any atom is -0.478 e. The highest BCUT2D eigenvalue weighted by Crippen LogP contribution is 2.05. The van der Waals surface area contributed by atoms with Gasteiger partial charge < -0.3 is 14.9 Å². The number of ether oxygens (including phenoxy) is 1. The van der Waals surface area contributed by atoms with Crippen LogP contribution in [0.4, 0.5) is 0 Å². The molecule has 0 heterocycles. The summed E-state index contributed by atoms with van der Waals surface area (Å²) < 4.78 is 5.61. The lowest BCUT2D eigenvalue weighted by Gasteiger charge is -2.03. The Morgan fingerprint density at radius 1 is 0.739 bits per heavy atom. The van der Waals surface area contributed by atoms with Gasteiger partial charge in [0.2, 0.25) is 0 Å². The molecule has 2 aromatic carbocycles. The zero-order valence-corrected chi connectivity index (χ0v) is 12.5. The lowest BCUT2D eigenvalue weighted by molar-refractivity contribution is -0.134. The Hall–Kier alpha value is -2.92. The second-order valence-corrected chi connectivity index (χ2v) is 4.47. The molecule has 0 amide bonds. The van der Waals surface area contributed by atoms with Crippen molar-refractivity contribution in [1.82, 2.24) is 0 Å². The molecule has 0 aliphatic rings. The highest BCUT2D eigenvalue weighted by molar-refractivity contribution is 5.89. The summed E-state index contributed by atoms with van der Waals surface area (Å²) in [5, 5.41) is 15.6. The summed E-state index contributed by atoms with van der Waals surface area (Å²) >= 11 is 0. The molecular weight excluding hydrogens is 296 g/mol.